The number of carbonyl (C=O) groups is 1. The van der Waals surface area contributed by atoms with Crippen molar-refractivity contribution in [3.63, 3.8) is 0 Å². The first kappa shape index (κ1) is 21.3. The summed E-state index contributed by atoms with van der Waals surface area (Å²) in [6.07, 6.45) is 0. The molecule has 6 heteroatoms. The number of thiazole rings is 1. The van der Waals surface area contributed by atoms with Gasteiger partial charge in [0.15, 0.2) is 5.13 Å². The van der Waals surface area contributed by atoms with Gasteiger partial charge in [0.05, 0.1) is 17.3 Å². The minimum Gasteiger partial charge on any atom is -0.497 e. The molecule has 0 aliphatic rings. The zero-order chi connectivity index (χ0) is 21.0. The van der Waals surface area contributed by atoms with Gasteiger partial charge in [-0.1, -0.05) is 42.9 Å². The summed E-state index contributed by atoms with van der Waals surface area (Å²) in [4.78, 5) is 22.4. The van der Waals surface area contributed by atoms with Gasteiger partial charge in [-0.3, -0.25) is 9.69 Å². The van der Waals surface area contributed by atoms with Gasteiger partial charge >= 0.3 is 0 Å². The first-order chi connectivity index (χ1) is 14.0. The molecule has 0 fully saturated rings. The lowest BCUT2D eigenvalue weighted by molar-refractivity contribution is 0.0983. The van der Waals surface area contributed by atoms with Gasteiger partial charge < -0.3 is 9.64 Å². The molecule has 0 atom stereocenters. The molecule has 0 unspecified atom stereocenters. The number of hydrogen-bond donors (Lipinski definition) is 0. The van der Waals surface area contributed by atoms with Gasteiger partial charge in [0, 0.05) is 24.7 Å². The van der Waals surface area contributed by atoms with Gasteiger partial charge in [-0.15, -0.1) is 0 Å². The fourth-order valence-corrected chi connectivity index (χ4v) is 4.37. The molecule has 3 aromatic rings. The second kappa shape index (κ2) is 9.37. The Kier molecular flexibility index (Phi) is 6.87. The lowest BCUT2D eigenvalue weighted by atomic mass is 10.0. The fraction of sp³-hybridized carbons (Fsp3) is 0.391. The van der Waals surface area contributed by atoms with Crippen LogP contribution in [0.4, 0.5) is 5.13 Å². The Labute approximate surface area is 176 Å². The molecule has 0 saturated heterocycles. The van der Waals surface area contributed by atoms with Crippen LogP contribution in [0.3, 0.4) is 0 Å². The predicted molar refractivity (Wildman–Crippen MR) is 122 cm³/mol. The monoisotopic (exact) mass is 411 g/mol. The standard InChI is InChI=1S/C23H29N3O2S/c1-6-25(7-2)12-13-26(22(27)19-10-8-16(3)14-17(19)4)23-24-20-15-18(28-5)9-11-21(20)29-23/h8-11,14-15H,6-7,12-13H2,1-5H3. The lowest BCUT2D eigenvalue weighted by Crippen LogP contribution is -2.39. The van der Waals surface area contributed by atoms with E-state index < -0.39 is 0 Å². The molecule has 0 N–H and O–H groups in total. The third kappa shape index (κ3) is 4.77. The third-order valence-electron chi connectivity index (χ3n) is 5.21. The van der Waals surface area contributed by atoms with Crippen LogP contribution in [0.5, 0.6) is 5.75 Å². The number of likely N-dealkylation sites (N-methyl/N-ethyl adjacent to an activating group) is 1. The largest absolute Gasteiger partial charge is 0.497 e. The lowest BCUT2D eigenvalue weighted by Gasteiger charge is -2.25. The first-order valence-electron chi connectivity index (χ1n) is 10.0. The van der Waals surface area contributed by atoms with E-state index in [2.05, 4.69) is 24.8 Å². The highest BCUT2D eigenvalue weighted by molar-refractivity contribution is 7.22. The average Bonchev–Trinajstić information content (AvgIpc) is 3.13. The van der Waals surface area contributed by atoms with E-state index >= 15 is 0 Å². The van der Waals surface area contributed by atoms with Gasteiger partial charge in [0.1, 0.15) is 5.75 Å². The predicted octanol–water partition coefficient (Wildman–Crippen LogP) is 4.91. The summed E-state index contributed by atoms with van der Waals surface area (Å²) in [6.45, 7) is 11.6. The molecule has 1 heterocycles. The van der Waals surface area contributed by atoms with E-state index in [1.807, 2.05) is 49.1 Å². The highest BCUT2D eigenvalue weighted by Gasteiger charge is 2.23. The summed E-state index contributed by atoms with van der Waals surface area (Å²) in [5, 5.41) is 0.727. The summed E-state index contributed by atoms with van der Waals surface area (Å²) in [6, 6.07) is 11.8. The van der Waals surface area contributed by atoms with Crippen molar-refractivity contribution < 1.29 is 9.53 Å². The van der Waals surface area contributed by atoms with Gasteiger partial charge in [-0.25, -0.2) is 4.98 Å². The van der Waals surface area contributed by atoms with Crippen molar-refractivity contribution in [2.24, 2.45) is 0 Å². The van der Waals surface area contributed by atoms with E-state index in [0.29, 0.717) is 6.54 Å². The molecule has 29 heavy (non-hydrogen) atoms. The molecule has 1 aromatic heterocycles. The summed E-state index contributed by atoms with van der Waals surface area (Å²) < 4.78 is 6.36. The van der Waals surface area contributed by atoms with E-state index in [9.17, 15) is 4.79 Å². The highest BCUT2D eigenvalue weighted by atomic mass is 32.1. The van der Waals surface area contributed by atoms with Gasteiger partial charge in [0.2, 0.25) is 0 Å². The average molecular weight is 412 g/mol. The Bertz CT molecular complexity index is 995. The number of hydrogen-bond acceptors (Lipinski definition) is 5. The van der Waals surface area contributed by atoms with Crippen LogP contribution in [0.2, 0.25) is 0 Å². The van der Waals surface area contributed by atoms with Crippen molar-refractivity contribution in [2.45, 2.75) is 27.7 Å². The number of aromatic nitrogens is 1. The summed E-state index contributed by atoms with van der Waals surface area (Å²) in [7, 11) is 1.65. The number of rotatable bonds is 8. The number of ether oxygens (including phenoxy) is 1. The number of nitrogens with zero attached hydrogens (tertiary/aromatic N) is 3. The van der Waals surface area contributed by atoms with Crippen molar-refractivity contribution in [1.29, 1.82) is 0 Å². The van der Waals surface area contributed by atoms with Crippen LogP contribution in [-0.2, 0) is 0 Å². The van der Waals surface area contributed by atoms with Gasteiger partial charge in [-0.05, 0) is 50.7 Å². The molecule has 0 aliphatic heterocycles. The van der Waals surface area contributed by atoms with Crippen molar-refractivity contribution in [1.82, 2.24) is 9.88 Å². The molecule has 3 rings (SSSR count). The number of aryl methyl sites for hydroxylation is 2. The Morgan fingerprint density at radius 3 is 2.48 bits per heavy atom. The molecule has 0 saturated carbocycles. The van der Waals surface area contributed by atoms with Crippen molar-refractivity contribution in [3.8, 4) is 5.75 Å². The second-order valence-electron chi connectivity index (χ2n) is 7.13. The minimum atomic E-state index is 0.000627. The van der Waals surface area contributed by atoms with E-state index in [-0.39, 0.29) is 5.91 Å². The molecule has 1 amide bonds. The fourth-order valence-electron chi connectivity index (χ4n) is 3.40. The molecule has 0 bridgehead atoms. The number of fused-ring (bicyclic) bond motifs is 1. The maximum atomic E-state index is 13.5. The molecular formula is C23H29N3O2S. The number of benzene rings is 2. The third-order valence-corrected chi connectivity index (χ3v) is 6.27. The molecule has 5 nitrogen and oxygen atoms in total. The van der Waals surface area contributed by atoms with E-state index in [1.165, 1.54) is 0 Å². The van der Waals surface area contributed by atoms with E-state index in [0.717, 1.165) is 57.4 Å². The Hall–Kier alpha value is -2.44. The van der Waals surface area contributed by atoms with Crippen LogP contribution in [0, 0.1) is 13.8 Å². The number of anilines is 1. The molecule has 0 aliphatic carbocycles. The zero-order valence-electron chi connectivity index (χ0n) is 17.9. The SMILES string of the molecule is CCN(CC)CCN(C(=O)c1ccc(C)cc1C)c1nc2cc(OC)ccc2s1. The number of amides is 1. The zero-order valence-corrected chi connectivity index (χ0v) is 18.7. The molecule has 0 radical (unpaired) electrons. The van der Waals surface area contributed by atoms with Crippen LogP contribution in [0.15, 0.2) is 36.4 Å². The van der Waals surface area contributed by atoms with Crippen molar-refractivity contribution in [3.05, 3.63) is 53.1 Å². The summed E-state index contributed by atoms with van der Waals surface area (Å²) in [5.41, 5.74) is 3.73. The first-order valence-corrected chi connectivity index (χ1v) is 10.8. The Morgan fingerprint density at radius 1 is 1.07 bits per heavy atom. The molecular weight excluding hydrogens is 382 g/mol. The molecule has 2 aromatic carbocycles. The van der Waals surface area contributed by atoms with Crippen LogP contribution >= 0.6 is 11.3 Å². The second-order valence-corrected chi connectivity index (χ2v) is 8.14. The van der Waals surface area contributed by atoms with Gasteiger partial charge in [-0.2, -0.15) is 0 Å². The summed E-state index contributed by atoms with van der Waals surface area (Å²) in [5.74, 6) is 0.769. The van der Waals surface area contributed by atoms with E-state index in [1.54, 1.807) is 18.4 Å². The quantitative estimate of drug-likeness (QED) is 0.528. The smallest absolute Gasteiger partial charge is 0.260 e. The minimum absolute atomic E-state index is 0.000627. The normalized spacial score (nSPS) is 11.2. The van der Waals surface area contributed by atoms with Crippen molar-refractivity contribution >= 4 is 32.6 Å². The van der Waals surface area contributed by atoms with Gasteiger partial charge in [0.25, 0.3) is 5.91 Å². The van der Waals surface area contributed by atoms with Crippen LogP contribution in [-0.4, -0.2) is 49.1 Å². The summed E-state index contributed by atoms with van der Waals surface area (Å²) >= 11 is 1.54. The maximum absolute atomic E-state index is 13.5. The highest BCUT2D eigenvalue weighted by Crippen LogP contribution is 2.32. The van der Waals surface area contributed by atoms with Crippen LogP contribution in [0.25, 0.3) is 10.2 Å². The number of methoxy groups -OCH3 is 1. The van der Waals surface area contributed by atoms with Crippen molar-refractivity contribution in [2.75, 3.05) is 38.2 Å². The van der Waals surface area contributed by atoms with E-state index in [4.69, 9.17) is 9.72 Å². The Morgan fingerprint density at radius 2 is 1.83 bits per heavy atom. The number of carbonyl (C=O) groups excluding carboxylic acids is 1. The topological polar surface area (TPSA) is 45.7 Å². The molecule has 154 valence electrons. The van der Waals surface area contributed by atoms with Crippen LogP contribution in [0.1, 0.15) is 35.3 Å². The Balaban J connectivity index is 1.99. The maximum Gasteiger partial charge on any atom is 0.260 e. The molecule has 0 spiro atoms. The van der Waals surface area contributed by atoms with Crippen LogP contribution < -0.4 is 9.64 Å².